The zero-order chi connectivity index (χ0) is 11.6. The molecule has 0 aromatic heterocycles. The molecule has 0 saturated heterocycles. The van der Waals surface area contributed by atoms with Gasteiger partial charge in [0.2, 0.25) is 0 Å². The van der Waals surface area contributed by atoms with Crippen LogP contribution in [0.1, 0.15) is 84.0 Å². The summed E-state index contributed by atoms with van der Waals surface area (Å²) in [6.07, 6.45) is 15.4. The Kier molecular flexibility index (Phi) is 7.54. The van der Waals surface area contributed by atoms with Crippen molar-refractivity contribution in [2.24, 2.45) is 5.92 Å². The van der Waals surface area contributed by atoms with Crippen molar-refractivity contribution < 1.29 is 4.79 Å². The summed E-state index contributed by atoms with van der Waals surface area (Å²) in [7, 11) is 0. The van der Waals surface area contributed by atoms with E-state index in [-0.39, 0.29) is 0 Å². The van der Waals surface area contributed by atoms with E-state index in [0.717, 1.165) is 18.8 Å². The molecule has 1 atom stereocenters. The number of carbonyl (C=O) groups excluding carboxylic acids is 1. The molecule has 1 saturated carbocycles. The van der Waals surface area contributed by atoms with Crippen molar-refractivity contribution in [3.63, 3.8) is 0 Å². The largest absolute Gasteiger partial charge is 0.300 e. The van der Waals surface area contributed by atoms with Crippen LogP contribution in [0.4, 0.5) is 0 Å². The molecule has 0 heterocycles. The van der Waals surface area contributed by atoms with Gasteiger partial charge >= 0.3 is 0 Å². The van der Waals surface area contributed by atoms with Crippen molar-refractivity contribution in [1.82, 2.24) is 0 Å². The van der Waals surface area contributed by atoms with E-state index in [0.29, 0.717) is 5.78 Å². The highest BCUT2D eigenvalue weighted by molar-refractivity contribution is 5.80. The molecule has 0 aromatic rings. The minimum atomic E-state index is 0.504. The van der Waals surface area contributed by atoms with Gasteiger partial charge < -0.3 is 0 Å². The van der Waals surface area contributed by atoms with Gasteiger partial charge in [-0.05, 0) is 12.3 Å². The molecule has 1 aliphatic rings. The first-order valence-corrected chi connectivity index (χ1v) is 7.34. The van der Waals surface area contributed by atoms with E-state index in [1.54, 1.807) is 0 Å². The minimum absolute atomic E-state index is 0.504. The van der Waals surface area contributed by atoms with Crippen molar-refractivity contribution in [3.8, 4) is 0 Å². The predicted octanol–water partition coefficient (Wildman–Crippen LogP) is 4.89. The standard InChI is InChI=1S/C15H28O/c1-2-3-4-5-6-7-8-9-10-14-11-12-15(16)13-14/h14H,2-13H2,1H3. The van der Waals surface area contributed by atoms with Gasteiger partial charge in [-0.15, -0.1) is 0 Å². The number of hydrogen-bond donors (Lipinski definition) is 0. The summed E-state index contributed by atoms with van der Waals surface area (Å²) >= 11 is 0. The third-order valence-electron chi connectivity index (χ3n) is 3.81. The first-order valence-electron chi connectivity index (χ1n) is 7.34. The van der Waals surface area contributed by atoms with Gasteiger partial charge in [0.15, 0.2) is 0 Å². The molecule has 0 N–H and O–H groups in total. The van der Waals surface area contributed by atoms with Crippen molar-refractivity contribution in [2.75, 3.05) is 0 Å². The third kappa shape index (κ3) is 6.30. The minimum Gasteiger partial charge on any atom is -0.300 e. The molecule has 0 amide bonds. The quantitative estimate of drug-likeness (QED) is 0.510. The van der Waals surface area contributed by atoms with Gasteiger partial charge in [-0.3, -0.25) is 4.79 Å². The molecule has 0 spiro atoms. The lowest BCUT2D eigenvalue weighted by Gasteiger charge is -2.07. The lowest BCUT2D eigenvalue weighted by molar-refractivity contribution is -0.117. The van der Waals surface area contributed by atoms with Crippen LogP contribution >= 0.6 is 0 Å². The van der Waals surface area contributed by atoms with Crippen LogP contribution in [-0.2, 0) is 4.79 Å². The van der Waals surface area contributed by atoms with Crippen molar-refractivity contribution in [1.29, 1.82) is 0 Å². The van der Waals surface area contributed by atoms with Crippen LogP contribution in [0.2, 0.25) is 0 Å². The maximum absolute atomic E-state index is 11.1. The number of ketones is 1. The topological polar surface area (TPSA) is 17.1 Å². The summed E-state index contributed by atoms with van der Waals surface area (Å²) in [5.41, 5.74) is 0. The van der Waals surface area contributed by atoms with Crippen LogP contribution in [0.15, 0.2) is 0 Å². The molecular weight excluding hydrogens is 196 g/mol. The molecule has 0 radical (unpaired) electrons. The third-order valence-corrected chi connectivity index (χ3v) is 3.81. The van der Waals surface area contributed by atoms with Crippen LogP contribution in [-0.4, -0.2) is 5.78 Å². The molecule has 0 aliphatic heterocycles. The van der Waals surface area contributed by atoms with Gasteiger partial charge in [0, 0.05) is 12.8 Å². The maximum atomic E-state index is 11.1. The summed E-state index contributed by atoms with van der Waals surface area (Å²) in [4.78, 5) is 11.1. The second kappa shape index (κ2) is 8.78. The van der Waals surface area contributed by atoms with E-state index in [1.165, 1.54) is 64.2 Å². The lowest BCUT2D eigenvalue weighted by Crippen LogP contribution is -1.95. The van der Waals surface area contributed by atoms with Gasteiger partial charge in [0.05, 0.1) is 0 Å². The fourth-order valence-electron chi connectivity index (χ4n) is 2.70. The molecule has 1 aliphatic carbocycles. The van der Waals surface area contributed by atoms with Crippen LogP contribution in [0.3, 0.4) is 0 Å². The van der Waals surface area contributed by atoms with Crippen LogP contribution < -0.4 is 0 Å². The number of unbranched alkanes of at least 4 members (excludes halogenated alkanes) is 7. The van der Waals surface area contributed by atoms with E-state index in [1.807, 2.05) is 0 Å². The average molecular weight is 224 g/mol. The Morgan fingerprint density at radius 2 is 1.62 bits per heavy atom. The van der Waals surface area contributed by atoms with Crippen LogP contribution in [0.25, 0.3) is 0 Å². The Labute approximate surface area is 101 Å². The Hall–Kier alpha value is -0.330. The number of hydrogen-bond acceptors (Lipinski definition) is 1. The first kappa shape index (κ1) is 13.7. The average Bonchev–Trinajstić information content (AvgIpc) is 2.68. The fourth-order valence-corrected chi connectivity index (χ4v) is 2.70. The van der Waals surface area contributed by atoms with Crippen molar-refractivity contribution >= 4 is 5.78 Å². The molecule has 16 heavy (non-hydrogen) atoms. The predicted molar refractivity (Wildman–Crippen MR) is 69.6 cm³/mol. The summed E-state index contributed by atoms with van der Waals surface area (Å²) in [6, 6.07) is 0. The van der Waals surface area contributed by atoms with Crippen LogP contribution in [0.5, 0.6) is 0 Å². The Balaban J connectivity index is 1.79. The summed E-state index contributed by atoms with van der Waals surface area (Å²) in [5, 5.41) is 0. The second-order valence-corrected chi connectivity index (χ2v) is 5.41. The highest BCUT2D eigenvalue weighted by atomic mass is 16.1. The van der Waals surface area contributed by atoms with Gasteiger partial charge in [-0.2, -0.15) is 0 Å². The zero-order valence-corrected chi connectivity index (χ0v) is 11.0. The molecule has 1 heteroatoms. The maximum Gasteiger partial charge on any atom is 0.133 e. The molecular formula is C15H28O. The zero-order valence-electron chi connectivity index (χ0n) is 11.0. The van der Waals surface area contributed by atoms with Crippen molar-refractivity contribution in [2.45, 2.75) is 84.0 Å². The fraction of sp³-hybridized carbons (Fsp3) is 0.933. The van der Waals surface area contributed by atoms with Gasteiger partial charge in [0.1, 0.15) is 5.78 Å². The Bertz CT molecular complexity index is 186. The Morgan fingerprint density at radius 1 is 1.00 bits per heavy atom. The van der Waals surface area contributed by atoms with Gasteiger partial charge in [-0.25, -0.2) is 0 Å². The highest BCUT2D eigenvalue weighted by Gasteiger charge is 2.20. The molecule has 1 fully saturated rings. The Morgan fingerprint density at radius 3 is 2.19 bits per heavy atom. The van der Waals surface area contributed by atoms with E-state index in [4.69, 9.17) is 0 Å². The number of carbonyl (C=O) groups is 1. The normalized spacial score (nSPS) is 20.6. The van der Waals surface area contributed by atoms with Gasteiger partial charge in [-0.1, -0.05) is 64.7 Å². The highest BCUT2D eigenvalue weighted by Crippen LogP contribution is 2.27. The van der Waals surface area contributed by atoms with Crippen molar-refractivity contribution in [3.05, 3.63) is 0 Å². The number of Topliss-reactive ketones (excluding diaryl/α,β-unsaturated/α-hetero) is 1. The monoisotopic (exact) mass is 224 g/mol. The molecule has 1 nitrogen and oxygen atoms in total. The summed E-state index contributed by atoms with van der Waals surface area (Å²) in [6.45, 7) is 2.27. The summed E-state index contributed by atoms with van der Waals surface area (Å²) < 4.78 is 0. The van der Waals surface area contributed by atoms with Gasteiger partial charge in [0.25, 0.3) is 0 Å². The molecule has 0 bridgehead atoms. The van der Waals surface area contributed by atoms with E-state index >= 15 is 0 Å². The second-order valence-electron chi connectivity index (χ2n) is 5.41. The van der Waals surface area contributed by atoms with E-state index in [9.17, 15) is 4.79 Å². The SMILES string of the molecule is CCCCCCCCCCC1CCC(=O)C1. The van der Waals surface area contributed by atoms with E-state index in [2.05, 4.69) is 6.92 Å². The first-order chi connectivity index (χ1) is 7.83. The summed E-state index contributed by atoms with van der Waals surface area (Å²) in [5.74, 6) is 1.25. The molecule has 1 unspecified atom stereocenters. The smallest absolute Gasteiger partial charge is 0.133 e. The molecule has 94 valence electrons. The van der Waals surface area contributed by atoms with Crippen LogP contribution in [0, 0.1) is 5.92 Å². The molecule has 0 aromatic carbocycles. The van der Waals surface area contributed by atoms with E-state index < -0.39 is 0 Å². The molecule has 1 rings (SSSR count). The lowest BCUT2D eigenvalue weighted by atomic mass is 9.99. The number of rotatable bonds is 9.